The van der Waals surface area contributed by atoms with Crippen molar-refractivity contribution in [3.63, 3.8) is 0 Å². The van der Waals surface area contributed by atoms with Gasteiger partial charge >= 0.3 is 0 Å². The van der Waals surface area contributed by atoms with Gasteiger partial charge in [-0.2, -0.15) is 0 Å². The van der Waals surface area contributed by atoms with Gasteiger partial charge in [-0.1, -0.05) is 37.0 Å². The van der Waals surface area contributed by atoms with Gasteiger partial charge in [0.05, 0.1) is 10.0 Å². The van der Waals surface area contributed by atoms with E-state index in [4.69, 9.17) is 23.2 Å². The van der Waals surface area contributed by atoms with Crippen LogP contribution in [0.3, 0.4) is 0 Å². The van der Waals surface area contributed by atoms with Crippen LogP contribution in [0.1, 0.15) is 25.3 Å². The van der Waals surface area contributed by atoms with E-state index >= 15 is 0 Å². The molecule has 0 radical (unpaired) electrons. The molecule has 3 heteroatoms. The Hall–Kier alpha value is -0.270. The van der Waals surface area contributed by atoms with Crippen molar-refractivity contribution in [3.05, 3.63) is 33.6 Å². The van der Waals surface area contributed by atoms with E-state index < -0.39 is 0 Å². The second-order valence-electron chi connectivity index (χ2n) is 2.94. The third-order valence-corrected chi connectivity index (χ3v) is 2.38. The van der Waals surface area contributed by atoms with Crippen molar-refractivity contribution >= 4 is 23.2 Å². The second-order valence-corrected chi connectivity index (χ2v) is 3.76. The van der Waals surface area contributed by atoms with E-state index in [9.17, 15) is 4.39 Å². The molecule has 66 valence electrons. The van der Waals surface area contributed by atoms with Gasteiger partial charge in [-0.15, -0.1) is 0 Å². The Kier molecular flexibility index (Phi) is 2.97. The summed E-state index contributed by atoms with van der Waals surface area (Å²) in [5, 5.41) is 0.667. The lowest BCUT2D eigenvalue weighted by molar-refractivity contribution is 0.598. The first-order valence-electron chi connectivity index (χ1n) is 3.67. The number of benzene rings is 1. The molecule has 0 aliphatic rings. The molecule has 1 rings (SSSR count). The molecule has 1 aromatic rings. The van der Waals surface area contributed by atoms with Gasteiger partial charge in [-0.05, 0) is 23.6 Å². The second kappa shape index (κ2) is 3.63. The highest BCUT2D eigenvalue weighted by Gasteiger charge is 2.09. The monoisotopic (exact) mass is 206 g/mol. The highest BCUT2D eigenvalue weighted by atomic mass is 35.5. The number of halogens is 3. The van der Waals surface area contributed by atoms with Gasteiger partial charge in [0.15, 0.2) is 0 Å². The molecule has 0 spiro atoms. The van der Waals surface area contributed by atoms with E-state index in [2.05, 4.69) is 0 Å². The van der Waals surface area contributed by atoms with E-state index in [1.807, 2.05) is 13.8 Å². The van der Waals surface area contributed by atoms with Crippen molar-refractivity contribution in [1.29, 1.82) is 0 Å². The molecule has 0 saturated heterocycles. The lowest BCUT2D eigenvalue weighted by Crippen LogP contribution is -1.92. The molecule has 0 heterocycles. The largest absolute Gasteiger partial charge is 0.207 e. The van der Waals surface area contributed by atoms with Gasteiger partial charge in [-0.25, -0.2) is 4.39 Å². The molecule has 0 aliphatic carbocycles. The van der Waals surface area contributed by atoms with Crippen molar-refractivity contribution in [2.75, 3.05) is 0 Å². The number of hydrogen-bond donors (Lipinski definition) is 0. The van der Waals surface area contributed by atoms with E-state index in [1.165, 1.54) is 6.07 Å². The molecule has 0 unspecified atom stereocenters. The zero-order valence-corrected chi connectivity index (χ0v) is 8.38. The molecule has 0 saturated carbocycles. The van der Waals surface area contributed by atoms with Crippen LogP contribution < -0.4 is 0 Å². The summed E-state index contributed by atoms with van der Waals surface area (Å²) < 4.78 is 13.1. The van der Waals surface area contributed by atoms with Crippen molar-refractivity contribution in [3.8, 4) is 0 Å². The molecule has 1 aromatic carbocycles. The van der Waals surface area contributed by atoms with Crippen molar-refractivity contribution in [1.82, 2.24) is 0 Å². The minimum Gasteiger partial charge on any atom is -0.207 e. The van der Waals surface area contributed by atoms with E-state index in [0.29, 0.717) is 10.6 Å². The molecule has 0 amide bonds. The molecule has 0 bridgehead atoms. The summed E-state index contributed by atoms with van der Waals surface area (Å²) in [6, 6.07) is 2.82. The predicted octanol–water partition coefficient (Wildman–Crippen LogP) is 4.26. The molecular weight excluding hydrogens is 198 g/mol. The first kappa shape index (κ1) is 9.82. The van der Waals surface area contributed by atoms with Gasteiger partial charge in [0.2, 0.25) is 0 Å². The van der Waals surface area contributed by atoms with E-state index in [-0.39, 0.29) is 16.8 Å². The molecule has 0 fully saturated rings. The van der Waals surface area contributed by atoms with Gasteiger partial charge in [-0.3, -0.25) is 0 Å². The van der Waals surface area contributed by atoms with Gasteiger partial charge in [0.25, 0.3) is 0 Å². The Bertz CT molecular complexity index is 295. The molecule has 0 aromatic heterocycles. The van der Waals surface area contributed by atoms with Gasteiger partial charge in [0, 0.05) is 0 Å². The van der Waals surface area contributed by atoms with Crippen LogP contribution in [0.5, 0.6) is 0 Å². The number of hydrogen-bond acceptors (Lipinski definition) is 0. The fourth-order valence-electron chi connectivity index (χ4n) is 0.980. The van der Waals surface area contributed by atoms with E-state index in [0.717, 1.165) is 0 Å². The number of rotatable bonds is 1. The Morgan fingerprint density at radius 1 is 1.17 bits per heavy atom. The quantitative estimate of drug-likeness (QED) is 0.603. The maximum absolute atomic E-state index is 13.1. The predicted molar refractivity (Wildman–Crippen MR) is 50.5 cm³/mol. The molecule has 12 heavy (non-hydrogen) atoms. The maximum atomic E-state index is 13.1. The Labute approximate surface area is 81.3 Å². The van der Waals surface area contributed by atoms with Crippen LogP contribution >= 0.6 is 23.2 Å². The average molecular weight is 207 g/mol. The SMILES string of the molecule is CC(C)c1cc(Cl)c(Cl)cc1F. The van der Waals surface area contributed by atoms with Crippen molar-refractivity contribution in [2.24, 2.45) is 0 Å². The third kappa shape index (κ3) is 1.90. The van der Waals surface area contributed by atoms with Gasteiger partial charge in [0.1, 0.15) is 5.82 Å². The first-order chi connectivity index (χ1) is 5.52. The van der Waals surface area contributed by atoms with Crippen LogP contribution in [0.15, 0.2) is 12.1 Å². The highest BCUT2D eigenvalue weighted by Crippen LogP contribution is 2.28. The molecule has 0 nitrogen and oxygen atoms in total. The highest BCUT2D eigenvalue weighted by molar-refractivity contribution is 6.42. The van der Waals surface area contributed by atoms with Gasteiger partial charge < -0.3 is 0 Å². The fraction of sp³-hybridized carbons (Fsp3) is 0.333. The summed E-state index contributed by atoms with van der Waals surface area (Å²) in [6.45, 7) is 3.81. The smallest absolute Gasteiger partial charge is 0.128 e. The van der Waals surface area contributed by atoms with Crippen LogP contribution in [0.2, 0.25) is 10.0 Å². The summed E-state index contributed by atoms with van der Waals surface area (Å²) in [7, 11) is 0. The molecule has 0 aliphatic heterocycles. The zero-order chi connectivity index (χ0) is 9.30. The topological polar surface area (TPSA) is 0 Å². The van der Waals surface area contributed by atoms with Crippen molar-refractivity contribution < 1.29 is 4.39 Å². The third-order valence-electron chi connectivity index (χ3n) is 1.66. The van der Waals surface area contributed by atoms with Crippen LogP contribution in [-0.2, 0) is 0 Å². The average Bonchev–Trinajstić information content (AvgIpc) is 1.96. The maximum Gasteiger partial charge on any atom is 0.128 e. The first-order valence-corrected chi connectivity index (χ1v) is 4.42. The minimum absolute atomic E-state index is 0.125. The molecule has 0 atom stereocenters. The fourth-order valence-corrected chi connectivity index (χ4v) is 1.30. The summed E-state index contributed by atoms with van der Waals surface area (Å²) in [6.07, 6.45) is 0. The van der Waals surface area contributed by atoms with Crippen LogP contribution in [0.4, 0.5) is 4.39 Å². The minimum atomic E-state index is -0.292. The Morgan fingerprint density at radius 3 is 2.17 bits per heavy atom. The Morgan fingerprint density at radius 2 is 1.67 bits per heavy atom. The Balaban J connectivity index is 3.23. The lowest BCUT2D eigenvalue weighted by atomic mass is 10.0. The van der Waals surface area contributed by atoms with Crippen LogP contribution in [0, 0.1) is 5.82 Å². The van der Waals surface area contributed by atoms with Crippen molar-refractivity contribution in [2.45, 2.75) is 19.8 Å². The summed E-state index contributed by atoms with van der Waals surface area (Å²) in [5.74, 6) is -0.167. The summed E-state index contributed by atoms with van der Waals surface area (Å²) in [5.41, 5.74) is 0.601. The summed E-state index contributed by atoms with van der Waals surface area (Å²) >= 11 is 11.3. The van der Waals surface area contributed by atoms with E-state index in [1.54, 1.807) is 6.07 Å². The molecular formula is C9H9Cl2F. The molecule has 0 N–H and O–H groups in total. The standard InChI is InChI=1S/C9H9Cl2F/c1-5(2)6-3-7(10)8(11)4-9(6)12/h3-5H,1-2H3. The lowest BCUT2D eigenvalue weighted by Gasteiger charge is -2.07. The zero-order valence-electron chi connectivity index (χ0n) is 6.87. The van der Waals surface area contributed by atoms with Crippen LogP contribution in [0.25, 0.3) is 0 Å². The normalized spacial score (nSPS) is 10.8. The summed E-state index contributed by atoms with van der Waals surface area (Å²) in [4.78, 5) is 0. The van der Waals surface area contributed by atoms with Crippen LogP contribution in [-0.4, -0.2) is 0 Å².